The highest BCUT2D eigenvalue weighted by Gasteiger charge is 2.16. The second-order valence-corrected chi connectivity index (χ2v) is 6.44. The minimum atomic E-state index is -0.493. The standard InChI is InChI=1S/C17H27N3O3/c1-12(10-20-16(22)23-17(2,3)4)19-11-13-6-8-14(9-7-13)15(21)18-5/h6-9,12,19H,10-11H2,1-5H3,(H,18,21)(H,20,22). The lowest BCUT2D eigenvalue weighted by molar-refractivity contribution is 0.0523. The Morgan fingerprint density at radius 3 is 2.30 bits per heavy atom. The Hall–Kier alpha value is -2.08. The highest BCUT2D eigenvalue weighted by molar-refractivity contribution is 5.93. The van der Waals surface area contributed by atoms with Crippen molar-refractivity contribution in [2.24, 2.45) is 0 Å². The van der Waals surface area contributed by atoms with Crippen molar-refractivity contribution in [3.63, 3.8) is 0 Å². The summed E-state index contributed by atoms with van der Waals surface area (Å²) in [6.45, 7) is 8.61. The molecule has 23 heavy (non-hydrogen) atoms. The van der Waals surface area contributed by atoms with Gasteiger partial charge in [0.2, 0.25) is 0 Å². The number of hydrogen-bond acceptors (Lipinski definition) is 4. The van der Waals surface area contributed by atoms with Crippen LogP contribution in [0, 0.1) is 0 Å². The summed E-state index contributed by atoms with van der Waals surface area (Å²) in [5, 5.41) is 8.63. The van der Waals surface area contributed by atoms with Gasteiger partial charge in [-0.15, -0.1) is 0 Å². The maximum Gasteiger partial charge on any atom is 0.407 e. The molecule has 0 bridgehead atoms. The molecule has 0 heterocycles. The van der Waals surface area contributed by atoms with Gasteiger partial charge in [0.15, 0.2) is 0 Å². The van der Waals surface area contributed by atoms with Crippen LogP contribution in [0.4, 0.5) is 4.79 Å². The van der Waals surface area contributed by atoms with Crippen molar-refractivity contribution in [1.29, 1.82) is 0 Å². The van der Waals surface area contributed by atoms with Gasteiger partial charge in [0.25, 0.3) is 5.91 Å². The molecule has 0 aromatic heterocycles. The van der Waals surface area contributed by atoms with Crippen molar-refractivity contribution in [1.82, 2.24) is 16.0 Å². The lowest BCUT2D eigenvalue weighted by atomic mass is 10.1. The molecule has 0 aliphatic heterocycles. The van der Waals surface area contributed by atoms with Crippen LogP contribution in [0.5, 0.6) is 0 Å². The summed E-state index contributed by atoms with van der Waals surface area (Å²) in [5.74, 6) is -0.0977. The molecule has 0 radical (unpaired) electrons. The van der Waals surface area contributed by atoms with Gasteiger partial charge >= 0.3 is 6.09 Å². The molecular formula is C17H27N3O3. The molecule has 0 saturated carbocycles. The topological polar surface area (TPSA) is 79.5 Å². The van der Waals surface area contributed by atoms with Gasteiger partial charge in [0.05, 0.1) is 0 Å². The smallest absolute Gasteiger partial charge is 0.407 e. The van der Waals surface area contributed by atoms with Crippen molar-refractivity contribution in [2.45, 2.75) is 45.9 Å². The monoisotopic (exact) mass is 321 g/mol. The van der Waals surface area contributed by atoms with Gasteiger partial charge < -0.3 is 20.7 Å². The second kappa shape index (κ2) is 8.53. The Kier molecular flexibility index (Phi) is 7.03. The van der Waals surface area contributed by atoms with Crippen LogP contribution in [-0.4, -0.2) is 37.2 Å². The molecule has 1 rings (SSSR count). The van der Waals surface area contributed by atoms with E-state index in [-0.39, 0.29) is 11.9 Å². The first-order valence-corrected chi connectivity index (χ1v) is 7.72. The van der Waals surface area contributed by atoms with Crippen LogP contribution in [-0.2, 0) is 11.3 Å². The third-order valence-corrected chi connectivity index (χ3v) is 3.05. The van der Waals surface area contributed by atoms with E-state index in [2.05, 4.69) is 16.0 Å². The van der Waals surface area contributed by atoms with Gasteiger partial charge in [-0.1, -0.05) is 12.1 Å². The third kappa shape index (κ3) is 7.65. The molecule has 0 fully saturated rings. The zero-order valence-electron chi connectivity index (χ0n) is 14.5. The van der Waals surface area contributed by atoms with E-state index in [4.69, 9.17) is 4.74 Å². The van der Waals surface area contributed by atoms with Crippen molar-refractivity contribution >= 4 is 12.0 Å². The summed E-state index contributed by atoms with van der Waals surface area (Å²) in [4.78, 5) is 23.0. The highest BCUT2D eigenvalue weighted by atomic mass is 16.6. The quantitative estimate of drug-likeness (QED) is 0.749. The van der Waals surface area contributed by atoms with Gasteiger partial charge in [-0.25, -0.2) is 4.79 Å². The SMILES string of the molecule is CNC(=O)c1ccc(CNC(C)CNC(=O)OC(C)(C)C)cc1. The minimum absolute atomic E-state index is 0.0977. The van der Waals surface area contributed by atoms with Crippen LogP contribution in [0.2, 0.25) is 0 Å². The minimum Gasteiger partial charge on any atom is -0.444 e. The zero-order valence-corrected chi connectivity index (χ0v) is 14.5. The number of carbonyl (C=O) groups excluding carboxylic acids is 2. The average molecular weight is 321 g/mol. The first-order valence-electron chi connectivity index (χ1n) is 7.72. The van der Waals surface area contributed by atoms with E-state index in [1.54, 1.807) is 19.2 Å². The van der Waals surface area contributed by atoms with Crippen LogP contribution in [0.3, 0.4) is 0 Å². The Morgan fingerprint density at radius 2 is 1.78 bits per heavy atom. The summed E-state index contributed by atoms with van der Waals surface area (Å²) in [5.41, 5.74) is 1.21. The Bertz CT molecular complexity index is 521. The summed E-state index contributed by atoms with van der Waals surface area (Å²) in [6.07, 6.45) is -0.416. The fraction of sp³-hybridized carbons (Fsp3) is 0.529. The van der Waals surface area contributed by atoms with E-state index >= 15 is 0 Å². The van der Waals surface area contributed by atoms with Gasteiger partial charge in [0, 0.05) is 31.7 Å². The second-order valence-electron chi connectivity index (χ2n) is 6.44. The molecular weight excluding hydrogens is 294 g/mol. The maximum atomic E-state index is 11.6. The fourth-order valence-electron chi connectivity index (χ4n) is 1.83. The molecule has 6 nitrogen and oxygen atoms in total. The number of carbonyl (C=O) groups is 2. The third-order valence-electron chi connectivity index (χ3n) is 3.05. The Labute approximate surface area is 138 Å². The van der Waals surface area contributed by atoms with Crippen molar-refractivity contribution < 1.29 is 14.3 Å². The van der Waals surface area contributed by atoms with E-state index in [1.165, 1.54) is 0 Å². The van der Waals surface area contributed by atoms with E-state index in [0.717, 1.165) is 5.56 Å². The molecule has 128 valence electrons. The molecule has 6 heteroatoms. The van der Waals surface area contributed by atoms with Crippen LogP contribution in [0.1, 0.15) is 43.6 Å². The van der Waals surface area contributed by atoms with Crippen LogP contribution < -0.4 is 16.0 Å². The molecule has 1 atom stereocenters. The number of hydrogen-bond donors (Lipinski definition) is 3. The number of amides is 2. The lowest BCUT2D eigenvalue weighted by Gasteiger charge is -2.21. The lowest BCUT2D eigenvalue weighted by Crippen LogP contribution is -2.41. The molecule has 1 aromatic carbocycles. The van der Waals surface area contributed by atoms with Gasteiger partial charge in [-0.05, 0) is 45.4 Å². The molecule has 3 N–H and O–H groups in total. The van der Waals surface area contributed by atoms with Crippen LogP contribution >= 0.6 is 0 Å². The van der Waals surface area contributed by atoms with Gasteiger partial charge in [0.1, 0.15) is 5.60 Å². The van der Waals surface area contributed by atoms with E-state index in [9.17, 15) is 9.59 Å². The summed E-state index contributed by atoms with van der Waals surface area (Å²) < 4.78 is 5.18. The number of benzene rings is 1. The molecule has 0 spiro atoms. The van der Waals surface area contributed by atoms with E-state index < -0.39 is 11.7 Å². The fourth-order valence-corrected chi connectivity index (χ4v) is 1.83. The predicted octanol–water partition coefficient (Wildman–Crippen LogP) is 2.05. The largest absolute Gasteiger partial charge is 0.444 e. The molecule has 0 aliphatic rings. The van der Waals surface area contributed by atoms with Gasteiger partial charge in [-0.2, -0.15) is 0 Å². The number of alkyl carbamates (subject to hydrolysis) is 1. The Morgan fingerprint density at radius 1 is 1.17 bits per heavy atom. The highest BCUT2D eigenvalue weighted by Crippen LogP contribution is 2.06. The van der Waals surface area contributed by atoms with E-state index in [0.29, 0.717) is 18.7 Å². The molecule has 0 saturated heterocycles. The van der Waals surface area contributed by atoms with Crippen LogP contribution in [0.15, 0.2) is 24.3 Å². The molecule has 0 aliphatic carbocycles. The van der Waals surface area contributed by atoms with Crippen molar-refractivity contribution in [3.8, 4) is 0 Å². The Balaban J connectivity index is 2.34. The normalized spacial score (nSPS) is 12.4. The number of ether oxygens (including phenoxy) is 1. The first-order chi connectivity index (χ1) is 10.7. The molecule has 1 aromatic rings. The number of nitrogens with one attached hydrogen (secondary N) is 3. The molecule has 2 amide bonds. The predicted molar refractivity (Wildman–Crippen MR) is 90.4 cm³/mol. The number of rotatable bonds is 6. The zero-order chi connectivity index (χ0) is 17.5. The van der Waals surface area contributed by atoms with Crippen LogP contribution in [0.25, 0.3) is 0 Å². The summed E-state index contributed by atoms with van der Waals surface area (Å²) in [6, 6.07) is 7.50. The summed E-state index contributed by atoms with van der Waals surface area (Å²) in [7, 11) is 1.61. The van der Waals surface area contributed by atoms with E-state index in [1.807, 2.05) is 39.8 Å². The molecule has 1 unspecified atom stereocenters. The van der Waals surface area contributed by atoms with Crippen molar-refractivity contribution in [2.75, 3.05) is 13.6 Å². The van der Waals surface area contributed by atoms with Gasteiger partial charge in [-0.3, -0.25) is 4.79 Å². The average Bonchev–Trinajstić information content (AvgIpc) is 2.49. The first kappa shape index (κ1) is 19.0. The summed E-state index contributed by atoms with van der Waals surface area (Å²) >= 11 is 0. The van der Waals surface area contributed by atoms with Crippen molar-refractivity contribution in [3.05, 3.63) is 35.4 Å². The maximum absolute atomic E-state index is 11.6.